The van der Waals surface area contributed by atoms with Crippen molar-refractivity contribution in [2.24, 2.45) is 5.92 Å². The van der Waals surface area contributed by atoms with Gasteiger partial charge in [0.15, 0.2) is 10.6 Å². The molecule has 8 nitrogen and oxygen atoms in total. The number of carbonyl (C=O) groups excluding carboxylic acids is 1. The van der Waals surface area contributed by atoms with Gasteiger partial charge in [-0.05, 0) is 49.1 Å². The molecule has 174 valence electrons. The smallest absolute Gasteiger partial charge is 0.281 e. The summed E-state index contributed by atoms with van der Waals surface area (Å²) in [7, 11) is -4.21. The fraction of sp³-hybridized carbons (Fsp3) is 0.455. The van der Waals surface area contributed by atoms with Crippen molar-refractivity contribution in [3.8, 4) is 5.75 Å². The molecule has 1 saturated carbocycles. The van der Waals surface area contributed by atoms with Gasteiger partial charge in [0.2, 0.25) is 0 Å². The first-order valence-electron chi connectivity index (χ1n) is 10.4. The zero-order valence-corrected chi connectivity index (χ0v) is 19.8. The van der Waals surface area contributed by atoms with Gasteiger partial charge in [0, 0.05) is 24.4 Å². The van der Waals surface area contributed by atoms with Crippen molar-refractivity contribution >= 4 is 33.3 Å². The molecule has 1 aromatic heterocycles. The highest BCUT2D eigenvalue weighted by Crippen LogP contribution is 2.42. The van der Waals surface area contributed by atoms with E-state index in [4.69, 9.17) is 16.3 Å². The highest BCUT2D eigenvalue weighted by Gasteiger charge is 2.54. The topological polar surface area (TPSA) is 118 Å². The van der Waals surface area contributed by atoms with Crippen LogP contribution in [0.4, 0.5) is 5.82 Å². The van der Waals surface area contributed by atoms with E-state index in [0.29, 0.717) is 29.5 Å². The van der Waals surface area contributed by atoms with Crippen LogP contribution < -0.4 is 14.8 Å². The van der Waals surface area contributed by atoms with Gasteiger partial charge in [-0.15, -0.1) is 0 Å². The third-order valence-electron chi connectivity index (χ3n) is 4.89. The Bertz CT molecular complexity index is 1080. The van der Waals surface area contributed by atoms with Crippen molar-refractivity contribution in [3.63, 3.8) is 0 Å². The molecule has 3 rings (SSSR count). The van der Waals surface area contributed by atoms with Crippen LogP contribution in [-0.4, -0.2) is 42.7 Å². The van der Waals surface area contributed by atoms with E-state index in [9.17, 15) is 18.3 Å². The molecule has 0 spiro atoms. The first-order chi connectivity index (χ1) is 15.0. The van der Waals surface area contributed by atoms with Gasteiger partial charge in [-0.25, -0.2) is 9.71 Å². The molecular weight excluding hydrogens is 454 g/mol. The number of hydrogen-bond donors (Lipinski definition) is 3. The van der Waals surface area contributed by atoms with Gasteiger partial charge >= 0.3 is 0 Å². The molecule has 0 saturated heterocycles. The molecule has 3 N–H and O–H groups in total. The Morgan fingerprint density at radius 1 is 1.25 bits per heavy atom. The fourth-order valence-electron chi connectivity index (χ4n) is 3.11. The van der Waals surface area contributed by atoms with E-state index in [0.717, 1.165) is 12.0 Å². The summed E-state index contributed by atoms with van der Waals surface area (Å²) in [5, 5.41) is 12.4. The number of benzene rings is 1. The van der Waals surface area contributed by atoms with E-state index in [2.05, 4.69) is 28.9 Å². The number of pyridine rings is 1. The van der Waals surface area contributed by atoms with Crippen molar-refractivity contribution in [2.75, 3.05) is 11.9 Å². The zero-order valence-electron chi connectivity index (χ0n) is 18.3. The number of aliphatic hydroxyl groups is 1. The number of aliphatic hydroxyl groups excluding tert-OH is 1. The third kappa shape index (κ3) is 6.11. The molecule has 2 aromatic rings. The lowest BCUT2D eigenvalue weighted by atomic mass is 10.0. The SMILES string of the molecule is CC(C)Cc1ccc(Cl)cc1OC1(C(=O)NS(=O)(=O)c2cccc(NC[C@H](C)O)n2)CC1. The summed E-state index contributed by atoms with van der Waals surface area (Å²) in [6.07, 6.45) is 0.894. The number of rotatable bonds is 10. The van der Waals surface area contributed by atoms with Crippen LogP contribution in [0.25, 0.3) is 0 Å². The number of carbonyl (C=O) groups is 1. The molecule has 10 heteroatoms. The summed E-state index contributed by atoms with van der Waals surface area (Å²) in [6.45, 7) is 5.94. The first-order valence-corrected chi connectivity index (χ1v) is 12.3. The molecule has 0 unspecified atom stereocenters. The summed E-state index contributed by atoms with van der Waals surface area (Å²) in [6, 6.07) is 9.65. The Balaban J connectivity index is 1.76. The number of nitrogens with zero attached hydrogens (tertiary/aromatic N) is 1. The number of sulfonamides is 1. The number of nitrogens with one attached hydrogen (secondary N) is 2. The minimum absolute atomic E-state index is 0.207. The summed E-state index contributed by atoms with van der Waals surface area (Å²) < 4.78 is 33.7. The lowest BCUT2D eigenvalue weighted by Crippen LogP contribution is -2.43. The van der Waals surface area contributed by atoms with E-state index >= 15 is 0 Å². The minimum atomic E-state index is -4.21. The number of hydrogen-bond acceptors (Lipinski definition) is 7. The van der Waals surface area contributed by atoms with Crippen LogP contribution in [0, 0.1) is 5.92 Å². The maximum atomic E-state index is 12.9. The predicted molar refractivity (Wildman–Crippen MR) is 122 cm³/mol. The second kappa shape index (κ2) is 9.64. The molecule has 1 fully saturated rings. The van der Waals surface area contributed by atoms with E-state index in [-0.39, 0.29) is 17.4 Å². The van der Waals surface area contributed by atoms with Gasteiger partial charge in [-0.3, -0.25) is 4.79 Å². The molecule has 0 bridgehead atoms. The van der Waals surface area contributed by atoms with Crippen molar-refractivity contribution in [1.82, 2.24) is 9.71 Å². The summed E-state index contributed by atoms with van der Waals surface area (Å²) in [5.41, 5.74) is -0.351. The zero-order chi connectivity index (χ0) is 23.5. The standard InChI is InChI=1S/C22H28ClN3O5S/c1-14(2)11-16-7-8-17(23)12-18(16)31-22(9-10-22)21(28)26-32(29,30)20-6-4-5-19(25-20)24-13-15(3)27/h4-8,12,14-15,27H,9-11,13H2,1-3H3,(H,24,25)(H,26,28)/t15-/m0/s1. The summed E-state index contributed by atoms with van der Waals surface area (Å²) in [5.74, 6) is 0.385. The fourth-order valence-corrected chi connectivity index (χ4v) is 4.29. The van der Waals surface area contributed by atoms with E-state index in [1.807, 2.05) is 6.07 Å². The molecule has 1 amide bonds. The van der Waals surface area contributed by atoms with Crippen LogP contribution in [-0.2, 0) is 21.2 Å². The highest BCUT2D eigenvalue weighted by molar-refractivity contribution is 7.90. The molecule has 1 atom stereocenters. The van der Waals surface area contributed by atoms with E-state index in [1.165, 1.54) is 12.1 Å². The van der Waals surface area contributed by atoms with Gasteiger partial charge in [-0.1, -0.05) is 37.6 Å². The summed E-state index contributed by atoms with van der Waals surface area (Å²) in [4.78, 5) is 16.9. The molecule has 1 heterocycles. The van der Waals surface area contributed by atoms with Gasteiger partial charge in [0.25, 0.3) is 15.9 Å². The maximum Gasteiger partial charge on any atom is 0.281 e. The Morgan fingerprint density at radius 3 is 2.59 bits per heavy atom. The van der Waals surface area contributed by atoms with Crippen LogP contribution in [0.1, 0.15) is 39.2 Å². The quantitative estimate of drug-likeness (QED) is 0.477. The predicted octanol–water partition coefficient (Wildman–Crippen LogP) is 3.14. The Hall–Kier alpha value is -2.36. The maximum absolute atomic E-state index is 12.9. The van der Waals surface area contributed by atoms with Gasteiger partial charge in [-0.2, -0.15) is 8.42 Å². The average molecular weight is 482 g/mol. The lowest BCUT2D eigenvalue weighted by molar-refractivity contribution is -0.127. The molecule has 1 aliphatic rings. The van der Waals surface area contributed by atoms with Gasteiger partial charge < -0.3 is 15.2 Å². The number of aromatic nitrogens is 1. The average Bonchev–Trinajstić information content (AvgIpc) is 3.49. The number of halogens is 1. The second-order valence-electron chi connectivity index (χ2n) is 8.47. The van der Waals surface area contributed by atoms with Crippen LogP contribution in [0.15, 0.2) is 41.4 Å². The van der Waals surface area contributed by atoms with Crippen molar-refractivity contribution < 1.29 is 23.1 Å². The van der Waals surface area contributed by atoms with E-state index in [1.54, 1.807) is 25.1 Å². The molecule has 1 aromatic carbocycles. The monoisotopic (exact) mass is 481 g/mol. The van der Waals surface area contributed by atoms with Crippen LogP contribution >= 0.6 is 11.6 Å². The third-order valence-corrected chi connectivity index (χ3v) is 6.35. The Morgan fingerprint density at radius 2 is 1.97 bits per heavy atom. The van der Waals surface area contributed by atoms with Gasteiger partial charge in [0.05, 0.1) is 6.10 Å². The van der Waals surface area contributed by atoms with E-state index < -0.39 is 27.6 Å². The van der Waals surface area contributed by atoms with Crippen molar-refractivity contribution in [2.45, 2.75) is 56.8 Å². The number of anilines is 1. The molecular formula is C22H28ClN3O5S. The Kier molecular flexibility index (Phi) is 7.32. The lowest BCUT2D eigenvalue weighted by Gasteiger charge is -2.21. The van der Waals surface area contributed by atoms with Crippen molar-refractivity contribution in [1.29, 1.82) is 0 Å². The Labute approximate surface area is 193 Å². The second-order valence-corrected chi connectivity index (χ2v) is 10.5. The van der Waals surface area contributed by atoms with Crippen molar-refractivity contribution in [3.05, 3.63) is 47.0 Å². The number of amides is 1. The van der Waals surface area contributed by atoms with Gasteiger partial charge in [0.1, 0.15) is 11.6 Å². The summed E-state index contributed by atoms with van der Waals surface area (Å²) >= 11 is 6.12. The molecule has 0 aliphatic heterocycles. The largest absolute Gasteiger partial charge is 0.477 e. The molecule has 32 heavy (non-hydrogen) atoms. The highest BCUT2D eigenvalue weighted by atomic mass is 35.5. The number of ether oxygens (including phenoxy) is 1. The van der Waals surface area contributed by atoms with Crippen LogP contribution in [0.3, 0.4) is 0 Å². The van der Waals surface area contributed by atoms with Crippen LogP contribution in [0.5, 0.6) is 5.75 Å². The molecule has 0 radical (unpaired) electrons. The normalized spacial score (nSPS) is 15.8. The molecule has 1 aliphatic carbocycles. The minimum Gasteiger partial charge on any atom is -0.477 e. The first kappa shape index (κ1) is 24.3. The van der Waals surface area contributed by atoms with Crippen LogP contribution in [0.2, 0.25) is 5.02 Å².